The predicted octanol–water partition coefficient (Wildman–Crippen LogP) is 1.95. The van der Waals surface area contributed by atoms with Gasteiger partial charge in [-0.3, -0.25) is 0 Å². The van der Waals surface area contributed by atoms with E-state index in [4.69, 9.17) is 18.9 Å². The van der Waals surface area contributed by atoms with E-state index < -0.39 is 43.1 Å². The molecule has 6 heteroatoms. The lowest BCUT2D eigenvalue weighted by atomic mass is 10.1. The Balaban J connectivity index is 1.51. The van der Waals surface area contributed by atoms with Crippen LogP contribution < -0.4 is 0 Å². The minimum absolute atomic E-state index is 0.348. The van der Waals surface area contributed by atoms with Gasteiger partial charge in [0.2, 0.25) is 0 Å². The van der Waals surface area contributed by atoms with E-state index in [1.54, 1.807) is 0 Å². The largest absolute Gasteiger partial charge is 0.394 e. The van der Waals surface area contributed by atoms with Crippen molar-refractivity contribution in [1.82, 2.24) is 0 Å². The minimum Gasteiger partial charge on any atom is -0.394 e. The van der Waals surface area contributed by atoms with Crippen LogP contribution in [0.5, 0.6) is 0 Å². The monoisotopic (exact) mass is 360 g/mol. The third kappa shape index (κ3) is 3.36. The number of hydrogen-bond donors (Lipinski definition) is 2. The zero-order valence-electron chi connectivity index (χ0n) is 14.9. The van der Waals surface area contributed by atoms with Gasteiger partial charge in [0.15, 0.2) is 12.1 Å². The summed E-state index contributed by atoms with van der Waals surface area (Å²) in [5.74, 6) is -0.769. The molecule has 4 rings (SSSR count). The molecule has 0 aromatic heterocycles. The Bertz CT molecular complexity index is 776. The van der Waals surface area contributed by atoms with Crippen molar-refractivity contribution in [2.45, 2.75) is 56.9 Å². The van der Waals surface area contributed by atoms with E-state index in [9.17, 15) is 10.2 Å². The third-order valence-electron chi connectivity index (χ3n) is 4.85. The zero-order chi connectivity index (χ0) is 18.3. The van der Waals surface area contributed by atoms with Crippen LogP contribution in [0.2, 0.25) is 0 Å². The molecule has 5 atom stereocenters. The van der Waals surface area contributed by atoms with E-state index in [0.29, 0.717) is 6.61 Å². The molecule has 6 nitrogen and oxygen atoms in total. The summed E-state index contributed by atoms with van der Waals surface area (Å²) in [6, 6.07) is 14.3. The lowest BCUT2D eigenvalue weighted by molar-refractivity contribution is -0.232. The molecular weight excluding hydrogens is 336 g/mol. The van der Waals surface area contributed by atoms with Crippen molar-refractivity contribution in [3.05, 3.63) is 48.0 Å². The van der Waals surface area contributed by atoms with Crippen molar-refractivity contribution in [3.63, 3.8) is 0 Å². The number of hydrogen-bond acceptors (Lipinski definition) is 6. The number of rotatable bonds is 5. The number of aliphatic hydroxyl groups is 2. The van der Waals surface area contributed by atoms with Gasteiger partial charge in [-0.15, -0.1) is 0 Å². The SMILES string of the molecule is CC1(C)O[C@H]2O[C@H]([C@H](O)CO)C(OCc3ccc4ccccc4c3)[C@H]2O1. The Morgan fingerprint density at radius 3 is 2.65 bits per heavy atom. The van der Waals surface area contributed by atoms with Crippen LogP contribution in [0.4, 0.5) is 0 Å². The smallest absolute Gasteiger partial charge is 0.190 e. The van der Waals surface area contributed by atoms with Crippen molar-refractivity contribution in [2.75, 3.05) is 6.61 Å². The highest BCUT2D eigenvalue weighted by Crippen LogP contribution is 2.40. The molecule has 2 saturated heterocycles. The second kappa shape index (κ2) is 6.88. The second-order valence-corrected chi connectivity index (χ2v) is 7.28. The lowest BCUT2D eigenvalue weighted by Gasteiger charge is -2.28. The first kappa shape index (κ1) is 17.9. The average Bonchev–Trinajstić information content (AvgIpc) is 3.11. The van der Waals surface area contributed by atoms with E-state index in [1.165, 1.54) is 5.39 Å². The summed E-state index contributed by atoms with van der Waals surface area (Å²) in [4.78, 5) is 0. The fraction of sp³-hybridized carbons (Fsp3) is 0.500. The minimum atomic E-state index is -1.06. The molecule has 2 fully saturated rings. The van der Waals surface area contributed by atoms with Gasteiger partial charge in [-0.1, -0.05) is 36.4 Å². The number of aliphatic hydroxyl groups excluding tert-OH is 2. The Labute approximate surface area is 152 Å². The van der Waals surface area contributed by atoms with Crippen LogP contribution in [-0.4, -0.2) is 53.3 Å². The maximum absolute atomic E-state index is 10.1. The van der Waals surface area contributed by atoms with Gasteiger partial charge >= 0.3 is 0 Å². The average molecular weight is 360 g/mol. The molecule has 26 heavy (non-hydrogen) atoms. The molecule has 2 aliphatic rings. The molecule has 2 aromatic carbocycles. The highest BCUT2D eigenvalue weighted by molar-refractivity contribution is 5.82. The molecule has 2 aromatic rings. The second-order valence-electron chi connectivity index (χ2n) is 7.28. The molecule has 1 unspecified atom stereocenters. The van der Waals surface area contributed by atoms with Crippen molar-refractivity contribution < 1.29 is 29.2 Å². The van der Waals surface area contributed by atoms with Gasteiger partial charge in [-0.25, -0.2) is 0 Å². The Morgan fingerprint density at radius 1 is 1.12 bits per heavy atom. The number of ether oxygens (including phenoxy) is 4. The van der Waals surface area contributed by atoms with Crippen molar-refractivity contribution in [3.8, 4) is 0 Å². The highest BCUT2D eigenvalue weighted by atomic mass is 16.8. The van der Waals surface area contributed by atoms with E-state index >= 15 is 0 Å². The van der Waals surface area contributed by atoms with Gasteiger partial charge in [0.25, 0.3) is 0 Å². The summed E-state index contributed by atoms with van der Waals surface area (Å²) < 4.78 is 23.5. The van der Waals surface area contributed by atoms with E-state index in [0.717, 1.165) is 10.9 Å². The molecule has 0 bridgehead atoms. The van der Waals surface area contributed by atoms with Gasteiger partial charge in [-0.2, -0.15) is 0 Å². The summed E-state index contributed by atoms with van der Waals surface area (Å²) in [5.41, 5.74) is 1.02. The fourth-order valence-electron chi connectivity index (χ4n) is 3.63. The Hall–Kier alpha value is -1.54. The maximum atomic E-state index is 10.1. The van der Waals surface area contributed by atoms with Crippen molar-refractivity contribution >= 4 is 10.8 Å². The normalized spacial score (nSPS) is 31.2. The summed E-state index contributed by atoms with van der Waals surface area (Å²) in [6.45, 7) is 3.56. The lowest BCUT2D eigenvalue weighted by Crippen LogP contribution is -2.44. The molecule has 0 aliphatic carbocycles. The first-order valence-electron chi connectivity index (χ1n) is 8.86. The van der Waals surface area contributed by atoms with E-state index in [2.05, 4.69) is 24.3 Å². The molecular formula is C20H24O6. The van der Waals surface area contributed by atoms with Crippen molar-refractivity contribution in [1.29, 1.82) is 0 Å². The summed E-state index contributed by atoms with van der Waals surface area (Å²) in [7, 11) is 0. The van der Waals surface area contributed by atoms with Crippen LogP contribution in [0.15, 0.2) is 42.5 Å². The molecule has 0 radical (unpaired) electrons. The van der Waals surface area contributed by atoms with Gasteiger partial charge < -0.3 is 29.2 Å². The zero-order valence-corrected chi connectivity index (χ0v) is 14.9. The van der Waals surface area contributed by atoms with Crippen LogP contribution in [0.25, 0.3) is 10.8 Å². The van der Waals surface area contributed by atoms with Crippen LogP contribution in [0.1, 0.15) is 19.4 Å². The molecule has 2 N–H and O–H groups in total. The molecule has 2 aliphatic heterocycles. The number of fused-ring (bicyclic) bond motifs is 2. The van der Waals surface area contributed by atoms with Crippen LogP contribution >= 0.6 is 0 Å². The molecule has 0 saturated carbocycles. The van der Waals surface area contributed by atoms with Crippen molar-refractivity contribution in [2.24, 2.45) is 0 Å². The summed E-state index contributed by atoms with van der Waals surface area (Å²) >= 11 is 0. The van der Waals surface area contributed by atoms with Gasteiger partial charge in [0, 0.05) is 0 Å². The summed E-state index contributed by atoms with van der Waals surface area (Å²) in [5, 5.41) is 21.7. The van der Waals surface area contributed by atoms with Crippen LogP contribution in [0.3, 0.4) is 0 Å². The predicted molar refractivity (Wildman–Crippen MR) is 94.3 cm³/mol. The first-order chi connectivity index (χ1) is 12.5. The maximum Gasteiger partial charge on any atom is 0.190 e. The standard InChI is InChI=1S/C20H24O6/c1-20(2)25-18-17(16(15(22)10-21)24-19(18)26-20)23-11-12-7-8-13-5-3-4-6-14(13)9-12/h3-9,15-19,21-22H,10-11H2,1-2H3/t15-,16-,17?,18-,19-/m1/s1. The Kier molecular flexibility index (Phi) is 4.73. The Morgan fingerprint density at radius 2 is 1.88 bits per heavy atom. The van der Waals surface area contributed by atoms with Gasteiger partial charge in [-0.05, 0) is 36.2 Å². The number of benzene rings is 2. The molecule has 140 valence electrons. The molecule has 0 spiro atoms. The van der Waals surface area contributed by atoms with Gasteiger partial charge in [0.05, 0.1) is 13.2 Å². The topological polar surface area (TPSA) is 77.4 Å². The quantitative estimate of drug-likeness (QED) is 0.849. The van der Waals surface area contributed by atoms with Gasteiger partial charge in [0.1, 0.15) is 24.4 Å². The highest BCUT2D eigenvalue weighted by Gasteiger charge is 2.56. The fourth-order valence-corrected chi connectivity index (χ4v) is 3.63. The molecule has 2 heterocycles. The molecule has 0 amide bonds. The third-order valence-corrected chi connectivity index (χ3v) is 4.85. The summed E-state index contributed by atoms with van der Waals surface area (Å²) in [6.07, 6.45) is -3.35. The first-order valence-corrected chi connectivity index (χ1v) is 8.86. The van der Waals surface area contributed by atoms with E-state index in [-0.39, 0.29) is 0 Å². The van der Waals surface area contributed by atoms with Crippen LogP contribution in [0, 0.1) is 0 Å². The van der Waals surface area contributed by atoms with Crippen LogP contribution in [-0.2, 0) is 25.6 Å². The van der Waals surface area contributed by atoms with E-state index in [1.807, 2.05) is 32.0 Å².